The maximum absolute atomic E-state index is 14.2. The van der Waals surface area contributed by atoms with Gasteiger partial charge in [-0.2, -0.15) is 0 Å². The highest BCUT2D eigenvalue weighted by atomic mass is 79.9. The Labute approximate surface area is 163 Å². The molecule has 1 atom stereocenters. The third-order valence-electron chi connectivity index (χ3n) is 4.76. The normalized spacial score (nSPS) is 17.6. The van der Waals surface area contributed by atoms with E-state index in [1.807, 2.05) is 30.3 Å². The van der Waals surface area contributed by atoms with Crippen molar-refractivity contribution < 1.29 is 14.0 Å². The van der Waals surface area contributed by atoms with Gasteiger partial charge in [-0.25, -0.2) is 4.39 Å². The molecule has 2 amide bonds. The summed E-state index contributed by atoms with van der Waals surface area (Å²) in [7, 11) is 0. The lowest BCUT2D eigenvalue weighted by Crippen LogP contribution is -2.36. The van der Waals surface area contributed by atoms with Gasteiger partial charge in [0.2, 0.25) is 5.91 Å². The largest absolute Gasteiger partial charge is 0.354 e. The Balaban J connectivity index is 1.73. The Morgan fingerprint density at radius 1 is 1.19 bits per heavy atom. The quantitative estimate of drug-likeness (QED) is 0.650. The predicted octanol–water partition coefficient (Wildman–Crippen LogP) is 3.77. The van der Waals surface area contributed by atoms with E-state index in [1.165, 1.54) is 12.1 Å². The van der Waals surface area contributed by atoms with Crippen LogP contribution in [0.2, 0.25) is 0 Å². The fourth-order valence-corrected chi connectivity index (χ4v) is 3.91. The topological polar surface area (TPSA) is 65.2 Å². The molecule has 0 bridgehead atoms. The summed E-state index contributed by atoms with van der Waals surface area (Å²) in [6.45, 7) is 0.764. The zero-order chi connectivity index (χ0) is 19.0. The van der Waals surface area contributed by atoms with E-state index in [0.717, 1.165) is 5.56 Å². The minimum absolute atomic E-state index is 0.0919. The summed E-state index contributed by atoms with van der Waals surface area (Å²) in [5.74, 6) is -0.750. The molecule has 5 nitrogen and oxygen atoms in total. The van der Waals surface area contributed by atoms with E-state index < -0.39 is 5.82 Å². The van der Waals surface area contributed by atoms with Gasteiger partial charge in [-0.15, -0.1) is 0 Å². The van der Waals surface area contributed by atoms with Gasteiger partial charge in [0, 0.05) is 22.9 Å². The fourth-order valence-electron chi connectivity index (χ4n) is 3.48. The number of carbonyl (C=O) groups is 2. The minimum atomic E-state index is -0.401. The van der Waals surface area contributed by atoms with Gasteiger partial charge < -0.3 is 15.2 Å². The van der Waals surface area contributed by atoms with Crippen molar-refractivity contribution in [3.8, 4) is 0 Å². The molecule has 1 saturated heterocycles. The monoisotopic (exact) mass is 429 g/mol. The molecule has 1 fully saturated rings. The minimum Gasteiger partial charge on any atom is -0.354 e. The van der Waals surface area contributed by atoms with Crippen molar-refractivity contribution in [2.24, 2.45) is 0 Å². The van der Waals surface area contributed by atoms with E-state index in [1.54, 1.807) is 11.0 Å². The number of halogens is 2. The number of aromatic amines is 1. The van der Waals surface area contributed by atoms with E-state index in [9.17, 15) is 14.0 Å². The second-order valence-corrected chi connectivity index (χ2v) is 7.43. The molecule has 138 valence electrons. The molecule has 2 heterocycles. The SMILES string of the molecule is O=C1C[C@H](c2ccccc2)N(C(=O)c2cc3c(F)cc(Br)cc3[nH]2)CCN1. The van der Waals surface area contributed by atoms with Crippen LogP contribution in [0.5, 0.6) is 0 Å². The number of hydrogen-bond acceptors (Lipinski definition) is 2. The number of nitrogens with zero attached hydrogens (tertiary/aromatic N) is 1. The molecular weight excluding hydrogens is 413 g/mol. The number of fused-ring (bicyclic) bond motifs is 1. The van der Waals surface area contributed by atoms with E-state index in [4.69, 9.17) is 0 Å². The second kappa shape index (κ2) is 7.15. The van der Waals surface area contributed by atoms with Crippen LogP contribution in [0.25, 0.3) is 10.9 Å². The summed E-state index contributed by atoms with van der Waals surface area (Å²) >= 11 is 3.26. The summed E-state index contributed by atoms with van der Waals surface area (Å²) in [5.41, 5.74) is 1.75. The van der Waals surface area contributed by atoms with Gasteiger partial charge >= 0.3 is 0 Å². The van der Waals surface area contributed by atoms with Gasteiger partial charge in [-0.1, -0.05) is 46.3 Å². The predicted molar refractivity (Wildman–Crippen MR) is 104 cm³/mol. The summed E-state index contributed by atoms with van der Waals surface area (Å²) < 4.78 is 14.8. The molecule has 1 aliphatic heterocycles. The molecule has 0 aliphatic carbocycles. The Bertz CT molecular complexity index is 1020. The number of amides is 2. The molecule has 2 aromatic carbocycles. The molecule has 0 radical (unpaired) electrons. The molecule has 3 aromatic rings. The highest BCUT2D eigenvalue weighted by Gasteiger charge is 2.31. The molecule has 0 unspecified atom stereocenters. The lowest BCUT2D eigenvalue weighted by Gasteiger charge is -2.29. The first kappa shape index (κ1) is 17.7. The van der Waals surface area contributed by atoms with Crippen LogP contribution < -0.4 is 5.32 Å². The summed E-state index contributed by atoms with van der Waals surface area (Å²) in [5, 5.41) is 3.18. The van der Waals surface area contributed by atoms with E-state index >= 15 is 0 Å². The van der Waals surface area contributed by atoms with Crippen molar-refractivity contribution in [1.29, 1.82) is 0 Å². The molecule has 0 saturated carbocycles. The smallest absolute Gasteiger partial charge is 0.270 e. The molecule has 4 rings (SSSR count). The number of benzene rings is 2. The highest BCUT2D eigenvalue weighted by molar-refractivity contribution is 9.10. The highest BCUT2D eigenvalue weighted by Crippen LogP contribution is 2.29. The first-order valence-electron chi connectivity index (χ1n) is 8.63. The van der Waals surface area contributed by atoms with Crippen LogP contribution in [0.1, 0.15) is 28.5 Å². The summed E-state index contributed by atoms with van der Waals surface area (Å²) in [6, 6.07) is 13.7. The van der Waals surface area contributed by atoms with Crippen LogP contribution in [0.3, 0.4) is 0 Å². The number of carbonyl (C=O) groups excluding carboxylic acids is 2. The maximum atomic E-state index is 14.2. The Kier molecular flexibility index (Phi) is 4.70. The summed E-state index contributed by atoms with van der Waals surface area (Å²) in [4.78, 5) is 30.0. The van der Waals surface area contributed by atoms with Crippen molar-refractivity contribution >= 4 is 38.6 Å². The standard InChI is InChI=1S/C20H17BrFN3O2/c21-13-8-15(22)14-10-17(24-16(14)9-13)20(27)25-7-6-23-19(26)11-18(25)12-4-2-1-3-5-12/h1-5,8-10,18,24H,6-7,11H2,(H,23,26)/t18-/m1/s1. The third kappa shape index (κ3) is 3.47. The maximum Gasteiger partial charge on any atom is 0.270 e. The molecule has 2 N–H and O–H groups in total. The molecule has 0 spiro atoms. The number of H-pyrrole nitrogens is 1. The number of hydrogen-bond donors (Lipinski definition) is 2. The second-order valence-electron chi connectivity index (χ2n) is 6.51. The molecular formula is C20H17BrFN3O2. The van der Waals surface area contributed by atoms with Gasteiger partial charge in [0.1, 0.15) is 11.5 Å². The van der Waals surface area contributed by atoms with E-state index in [0.29, 0.717) is 34.2 Å². The van der Waals surface area contributed by atoms with Gasteiger partial charge in [-0.05, 0) is 23.8 Å². The Morgan fingerprint density at radius 3 is 2.74 bits per heavy atom. The number of nitrogens with one attached hydrogen (secondary N) is 2. The Hall–Kier alpha value is -2.67. The van der Waals surface area contributed by atoms with Crippen LogP contribution in [0.4, 0.5) is 4.39 Å². The first-order valence-corrected chi connectivity index (χ1v) is 9.42. The van der Waals surface area contributed by atoms with Crippen molar-refractivity contribution in [2.75, 3.05) is 13.1 Å². The number of rotatable bonds is 2. The van der Waals surface area contributed by atoms with Gasteiger partial charge in [0.15, 0.2) is 0 Å². The lowest BCUT2D eigenvalue weighted by molar-refractivity contribution is -0.121. The van der Waals surface area contributed by atoms with Crippen molar-refractivity contribution in [1.82, 2.24) is 15.2 Å². The first-order chi connectivity index (χ1) is 13.0. The van der Waals surface area contributed by atoms with E-state index in [-0.39, 0.29) is 24.3 Å². The van der Waals surface area contributed by atoms with Crippen LogP contribution in [0, 0.1) is 5.82 Å². The zero-order valence-corrected chi connectivity index (χ0v) is 15.9. The average molecular weight is 430 g/mol. The van der Waals surface area contributed by atoms with Crippen LogP contribution >= 0.6 is 15.9 Å². The van der Waals surface area contributed by atoms with Crippen LogP contribution in [0.15, 0.2) is 53.0 Å². The van der Waals surface area contributed by atoms with Crippen molar-refractivity contribution in [2.45, 2.75) is 12.5 Å². The average Bonchev–Trinajstić information content (AvgIpc) is 2.98. The Morgan fingerprint density at radius 2 is 1.96 bits per heavy atom. The summed E-state index contributed by atoms with van der Waals surface area (Å²) in [6.07, 6.45) is 0.190. The third-order valence-corrected chi connectivity index (χ3v) is 5.22. The lowest BCUT2D eigenvalue weighted by atomic mass is 10.0. The van der Waals surface area contributed by atoms with Gasteiger partial charge in [0.25, 0.3) is 5.91 Å². The molecule has 1 aromatic heterocycles. The molecule has 7 heteroatoms. The fraction of sp³-hybridized carbons (Fsp3) is 0.200. The number of aromatic nitrogens is 1. The van der Waals surface area contributed by atoms with E-state index in [2.05, 4.69) is 26.2 Å². The molecule has 27 heavy (non-hydrogen) atoms. The van der Waals surface area contributed by atoms with Crippen molar-refractivity contribution in [3.63, 3.8) is 0 Å². The zero-order valence-electron chi connectivity index (χ0n) is 14.3. The van der Waals surface area contributed by atoms with Gasteiger partial charge in [0.05, 0.1) is 18.0 Å². The van der Waals surface area contributed by atoms with Crippen LogP contribution in [-0.2, 0) is 4.79 Å². The van der Waals surface area contributed by atoms with Crippen molar-refractivity contribution in [3.05, 3.63) is 70.1 Å². The molecule has 1 aliphatic rings. The van der Waals surface area contributed by atoms with Crippen LogP contribution in [-0.4, -0.2) is 34.8 Å². The van der Waals surface area contributed by atoms with Gasteiger partial charge in [-0.3, -0.25) is 9.59 Å².